The highest BCUT2D eigenvalue weighted by Crippen LogP contribution is 2.21. The molecule has 10 heteroatoms. The number of halogens is 2. The highest BCUT2D eigenvalue weighted by atomic mass is 19.3. The van der Waals surface area contributed by atoms with Gasteiger partial charge in [-0.05, 0) is 43.3 Å². The molecule has 6 N–H and O–H groups in total. The van der Waals surface area contributed by atoms with Crippen LogP contribution in [0.3, 0.4) is 0 Å². The summed E-state index contributed by atoms with van der Waals surface area (Å²) in [7, 11) is 0. The highest BCUT2D eigenvalue weighted by molar-refractivity contribution is 5.98. The van der Waals surface area contributed by atoms with Gasteiger partial charge in [-0.3, -0.25) is 19.6 Å². The Balaban J connectivity index is 2.24. The number of nitrogen functional groups attached to an aromatic ring is 1. The van der Waals surface area contributed by atoms with E-state index < -0.39 is 35.7 Å². The molecule has 2 aromatic carbocycles. The van der Waals surface area contributed by atoms with Crippen LogP contribution in [0.2, 0.25) is 0 Å². The van der Waals surface area contributed by atoms with Crippen LogP contribution in [0.5, 0.6) is 0 Å². The number of carbonyl (C=O) groups is 3. The van der Waals surface area contributed by atoms with Gasteiger partial charge in [0.1, 0.15) is 11.6 Å². The summed E-state index contributed by atoms with van der Waals surface area (Å²) in [6, 6.07) is 10.9. The van der Waals surface area contributed by atoms with Crippen molar-refractivity contribution in [1.29, 1.82) is 0 Å². The Morgan fingerprint density at radius 1 is 1.06 bits per heavy atom. The predicted octanol–water partition coefficient (Wildman–Crippen LogP) is 1.43. The number of hydrogen-bond donors (Lipinski definition) is 5. The molecule has 168 valence electrons. The third-order valence-corrected chi connectivity index (χ3v) is 4.60. The number of hydrogen-bond acceptors (Lipinski definition) is 5. The van der Waals surface area contributed by atoms with Crippen LogP contribution in [-0.2, 0) is 9.59 Å². The lowest BCUT2D eigenvalue weighted by atomic mass is 9.91. The van der Waals surface area contributed by atoms with Crippen LogP contribution in [0.25, 0.3) is 0 Å². The van der Waals surface area contributed by atoms with E-state index in [1.165, 1.54) is 29.7 Å². The van der Waals surface area contributed by atoms with E-state index in [4.69, 9.17) is 10.9 Å². The van der Waals surface area contributed by atoms with Gasteiger partial charge in [-0.1, -0.05) is 24.0 Å². The number of rotatable bonds is 6. The molecule has 0 aliphatic heterocycles. The maximum atomic E-state index is 13.7. The van der Waals surface area contributed by atoms with Gasteiger partial charge >= 0.3 is 0 Å². The van der Waals surface area contributed by atoms with Crippen molar-refractivity contribution in [2.75, 3.05) is 5.73 Å². The number of hydroxylamine groups is 1. The first-order valence-electron chi connectivity index (χ1n) is 9.36. The van der Waals surface area contributed by atoms with Crippen LogP contribution in [-0.4, -0.2) is 40.9 Å². The number of amides is 3. The molecule has 32 heavy (non-hydrogen) atoms. The molecule has 2 atom stereocenters. The standard InChI is InChI=1S/C22H22F2N4O4/c1-13(29)27-22(2,21(23)24)18(20(31)28-32)26-19(30)16-11-8-14(9-12-16)7-10-15-5-3-4-6-17(15)25/h3-6,8-9,11-12,18,21,32H,25H2,1-2H3,(H,26,30)(H,27,29)(H,28,31)/t18-,22?/m1/s1. The fourth-order valence-electron chi connectivity index (χ4n) is 2.85. The molecule has 0 heterocycles. The van der Waals surface area contributed by atoms with Gasteiger partial charge in [0.15, 0.2) is 0 Å². The molecular formula is C22H22F2N4O4. The minimum Gasteiger partial charge on any atom is -0.398 e. The third-order valence-electron chi connectivity index (χ3n) is 4.60. The Bertz CT molecular complexity index is 1060. The molecule has 0 fully saturated rings. The second-order valence-electron chi connectivity index (χ2n) is 7.06. The number of anilines is 1. The zero-order chi connectivity index (χ0) is 23.9. The molecule has 0 saturated carbocycles. The van der Waals surface area contributed by atoms with Gasteiger partial charge < -0.3 is 16.4 Å². The van der Waals surface area contributed by atoms with Gasteiger partial charge in [-0.25, -0.2) is 14.3 Å². The summed E-state index contributed by atoms with van der Waals surface area (Å²) in [5, 5.41) is 13.1. The van der Waals surface area contributed by atoms with Crippen LogP contribution in [0.15, 0.2) is 48.5 Å². The van der Waals surface area contributed by atoms with Crippen molar-refractivity contribution in [2.45, 2.75) is 31.9 Å². The van der Waals surface area contributed by atoms with Gasteiger partial charge in [0.2, 0.25) is 5.91 Å². The van der Waals surface area contributed by atoms with Gasteiger partial charge in [0.05, 0.1) is 0 Å². The topological polar surface area (TPSA) is 134 Å². The van der Waals surface area contributed by atoms with Crippen molar-refractivity contribution in [3.05, 3.63) is 65.2 Å². The number of carbonyl (C=O) groups excluding carboxylic acids is 3. The molecule has 3 amide bonds. The molecule has 0 aromatic heterocycles. The average molecular weight is 444 g/mol. The SMILES string of the molecule is CC(=O)NC(C)(C(F)F)[C@H](NC(=O)c1ccc(C#Cc2ccccc2N)cc1)C(=O)NO. The lowest BCUT2D eigenvalue weighted by Crippen LogP contribution is -2.68. The molecule has 0 aliphatic carbocycles. The summed E-state index contributed by atoms with van der Waals surface area (Å²) >= 11 is 0. The van der Waals surface area contributed by atoms with Crippen molar-refractivity contribution in [2.24, 2.45) is 0 Å². The number of nitrogens with two attached hydrogens (primary N) is 1. The molecule has 2 rings (SSSR count). The zero-order valence-electron chi connectivity index (χ0n) is 17.3. The quantitative estimate of drug-likeness (QED) is 0.199. The van der Waals surface area contributed by atoms with Crippen LogP contribution < -0.4 is 21.8 Å². The molecular weight excluding hydrogens is 422 g/mol. The van der Waals surface area contributed by atoms with E-state index >= 15 is 0 Å². The first kappa shape index (κ1) is 24.3. The van der Waals surface area contributed by atoms with Gasteiger partial charge in [-0.2, -0.15) is 0 Å². The minimum atomic E-state index is -3.24. The van der Waals surface area contributed by atoms with Gasteiger partial charge in [0.25, 0.3) is 18.2 Å². The summed E-state index contributed by atoms with van der Waals surface area (Å²) in [6.45, 7) is 1.87. The van der Waals surface area contributed by atoms with E-state index in [9.17, 15) is 23.2 Å². The lowest BCUT2D eigenvalue weighted by molar-refractivity contribution is -0.137. The number of para-hydroxylation sites is 1. The van der Waals surface area contributed by atoms with Crippen molar-refractivity contribution >= 4 is 23.4 Å². The second-order valence-corrected chi connectivity index (χ2v) is 7.06. The molecule has 2 aromatic rings. The monoisotopic (exact) mass is 444 g/mol. The van der Waals surface area contributed by atoms with Crippen molar-refractivity contribution in [1.82, 2.24) is 16.1 Å². The number of benzene rings is 2. The van der Waals surface area contributed by atoms with E-state index in [0.29, 0.717) is 16.8 Å². The first-order chi connectivity index (χ1) is 15.1. The maximum absolute atomic E-state index is 13.7. The lowest BCUT2D eigenvalue weighted by Gasteiger charge is -2.36. The van der Waals surface area contributed by atoms with Gasteiger partial charge in [-0.15, -0.1) is 0 Å². The molecule has 0 bridgehead atoms. The summed E-state index contributed by atoms with van der Waals surface area (Å²) in [5.41, 5.74) is 6.35. The second kappa shape index (κ2) is 10.4. The van der Waals surface area contributed by atoms with Crippen LogP contribution in [0, 0.1) is 11.8 Å². The Hall–Kier alpha value is -3.97. The van der Waals surface area contributed by atoms with E-state index in [1.54, 1.807) is 24.3 Å². The molecule has 0 spiro atoms. The largest absolute Gasteiger partial charge is 0.398 e. The van der Waals surface area contributed by atoms with Crippen LogP contribution >= 0.6 is 0 Å². The smallest absolute Gasteiger partial charge is 0.268 e. The summed E-state index contributed by atoms with van der Waals surface area (Å²) in [6.07, 6.45) is -3.24. The van der Waals surface area contributed by atoms with Gasteiger partial charge in [0, 0.05) is 29.3 Å². The highest BCUT2D eigenvalue weighted by Gasteiger charge is 2.48. The molecule has 0 radical (unpaired) electrons. The van der Waals surface area contributed by atoms with E-state index in [2.05, 4.69) is 17.2 Å². The Kier molecular flexibility index (Phi) is 7.87. The fourth-order valence-corrected chi connectivity index (χ4v) is 2.85. The molecule has 8 nitrogen and oxygen atoms in total. The Morgan fingerprint density at radius 2 is 1.69 bits per heavy atom. The molecule has 1 unspecified atom stereocenters. The number of nitrogens with one attached hydrogen (secondary N) is 3. The molecule has 0 saturated heterocycles. The summed E-state index contributed by atoms with van der Waals surface area (Å²) in [5.74, 6) is 2.75. The summed E-state index contributed by atoms with van der Waals surface area (Å²) < 4.78 is 27.4. The Morgan fingerprint density at radius 3 is 2.22 bits per heavy atom. The fraction of sp³-hybridized carbons (Fsp3) is 0.227. The first-order valence-corrected chi connectivity index (χ1v) is 9.36. The minimum absolute atomic E-state index is 0.0463. The summed E-state index contributed by atoms with van der Waals surface area (Å²) in [4.78, 5) is 36.0. The van der Waals surface area contributed by atoms with E-state index in [-0.39, 0.29) is 5.56 Å². The average Bonchev–Trinajstić information content (AvgIpc) is 2.75. The van der Waals surface area contributed by atoms with Crippen molar-refractivity contribution < 1.29 is 28.4 Å². The van der Waals surface area contributed by atoms with Crippen LogP contribution in [0.1, 0.15) is 35.3 Å². The van der Waals surface area contributed by atoms with Crippen molar-refractivity contribution in [3.8, 4) is 11.8 Å². The third kappa shape index (κ3) is 5.80. The number of alkyl halides is 2. The van der Waals surface area contributed by atoms with Crippen LogP contribution in [0.4, 0.5) is 14.5 Å². The maximum Gasteiger partial charge on any atom is 0.268 e. The predicted molar refractivity (Wildman–Crippen MR) is 113 cm³/mol. The Labute approximate surface area is 183 Å². The molecule has 0 aliphatic rings. The van der Waals surface area contributed by atoms with E-state index in [0.717, 1.165) is 13.8 Å². The van der Waals surface area contributed by atoms with Crippen molar-refractivity contribution in [3.63, 3.8) is 0 Å². The van der Waals surface area contributed by atoms with E-state index in [1.807, 2.05) is 5.32 Å². The normalized spacial score (nSPS) is 13.2. The zero-order valence-corrected chi connectivity index (χ0v) is 17.3.